The summed E-state index contributed by atoms with van der Waals surface area (Å²) in [5.74, 6) is -0.604. The minimum absolute atomic E-state index is 0.0590. The maximum atomic E-state index is 12.1. The highest BCUT2D eigenvalue weighted by molar-refractivity contribution is 7.47. The molecule has 0 aromatic carbocycles. The summed E-state index contributed by atoms with van der Waals surface area (Å²) in [5, 5.41) is 12.6. The van der Waals surface area contributed by atoms with Crippen LogP contribution in [0.2, 0.25) is 0 Å². The van der Waals surface area contributed by atoms with Crippen LogP contribution >= 0.6 is 7.82 Å². The lowest BCUT2D eigenvalue weighted by molar-refractivity contribution is -0.147. The number of phosphoric acid groups is 1. The van der Waals surface area contributed by atoms with E-state index in [-0.39, 0.29) is 32.1 Å². The number of allylic oxidation sites excluding steroid dienone is 16. The second kappa shape index (κ2) is 38.6. The van der Waals surface area contributed by atoms with Crippen LogP contribution in [0.1, 0.15) is 129 Å². The summed E-state index contributed by atoms with van der Waals surface area (Å²) in [4.78, 5) is 33.8. The molecule has 0 radical (unpaired) electrons. The van der Waals surface area contributed by atoms with Gasteiger partial charge in [0, 0.05) is 19.4 Å². The van der Waals surface area contributed by atoms with E-state index in [9.17, 15) is 24.2 Å². The van der Waals surface area contributed by atoms with Crippen molar-refractivity contribution in [3.8, 4) is 0 Å². The molecule has 3 N–H and O–H groups in total. The molecule has 0 aliphatic rings. The first kappa shape index (κ1) is 49.9. The Balaban J connectivity index is 3.76. The second-order valence-electron chi connectivity index (χ2n) is 12.5. The number of carbonyl (C=O) groups excluding carboxylic acids is 2. The largest absolute Gasteiger partial charge is 0.472 e. The van der Waals surface area contributed by atoms with Gasteiger partial charge in [-0.25, -0.2) is 4.57 Å². The molecule has 0 aliphatic carbocycles. The average molecular weight is 760 g/mol. The van der Waals surface area contributed by atoms with Gasteiger partial charge in [0.25, 0.3) is 0 Å². The normalized spacial score (nSPS) is 14.4. The molecular formula is C43H70NO8P. The highest BCUT2D eigenvalue weighted by Crippen LogP contribution is 2.42. The van der Waals surface area contributed by atoms with Crippen LogP contribution in [0.3, 0.4) is 0 Å². The average Bonchev–Trinajstić information content (AvgIpc) is 3.14. The Morgan fingerprint density at radius 2 is 1.04 bits per heavy atom. The molecule has 9 nitrogen and oxygen atoms in total. The van der Waals surface area contributed by atoms with E-state index in [0.717, 1.165) is 96.3 Å². The number of rotatable bonds is 35. The number of aliphatic hydroxyl groups is 1. The number of amides is 1. The summed E-state index contributed by atoms with van der Waals surface area (Å²) in [6.07, 6.45) is 49.1. The molecule has 2 unspecified atom stereocenters. The Morgan fingerprint density at radius 3 is 1.57 bits per heavy atom. The van der Waals surface area contributed by atoms with E-state index in [1.54, 1.807) is 0 Å². The van der Waals surface area contributed by atoms with Crippen molar-refractivity contribution in [2.45, 2.75) is 136 Å². The molecule has 2 atom stereocenters. The highest BCUT2D eigenvalue weighted by Gasteiger charge is 2.23. The molecule has 0 aliphatic heterocycles. The van der Waals surface area contributed by atoms with Crippen molar-refractivity contribution >= 4 is 19.7 Å². The Kier molecular flexibility index (Phi) is 36.4. The Labute approximate surface area is 321 Å². The number of esters is 1. The summed E-state index contributed by atoms with van der Waals surface area (Å²) in [5.41, 5.74) is 0. The number of hydrogen-bond acceptors (Lipinski definition) is 7. The quantitative estimate of drug-likeness (QED) is 0.0252. The summed E-state index contributed by atoms with van der Waals surface area (Å²) in [6.45, 7) is 3.20. The minimum atomic E-state index is -4.44. The molecule has 0 aromatic rings. The molecule has 0 fully saturated rings. The predicted molar refractivity (Wildman–Crippen MR) is 219 cm³/mol. The second-order valence-corrected chi connectivity index (χ2v) is 13.9. The molecular weight excluding hydrogens is 689 g/mol. The van der Waals surface area contributed by atoms with Gasteiger partial charge in [-0.05, 0) is 83.5 Å². The van der Waals surface area contributed by atoms with E-state index < -0.39 is 26.5 Å². The lowest BCUT2D eigenvalue weighted by Crippen LogP contribution is -2.27. The zero-order valence-electron chi connectivity index (χ0n) is 32.7. The number of nitrogens with one attached hydrogen (secondary N) is 1. The van der Waals surface area contributed by atoms with Crippen molar-refractivity contribution in [1.82, 2.24) is 5.32 Å². The maximum Gasteiger partial charge on any atom is 0.472 e. The van der Waals surface area contributed by atoms with Gasteiger partial charge in [0.15, 0.2) is 0 Å². The first-order valence-electron chi connectivity index (χ1n) is 19.7. The van der Waals surface area contributed by atoms with Gasteiger partial charge in [-0.1, -0.05) is 130 Å². The number of aliphatic hydroxyl groups excluding tert-OH is 1. The van der Waals surface area contributed by atoms with Crippen molar-refractivity contribution < 1.29 is 37.9 Å². The first-order valence-corrected chi connectivity index (χ1v) is 21.2. The van der Waals surface area contributed by atoms with E-state index in [1.165, 1.54) is 0 Å². The molecule has 0 spiro atoms. The third-order valence-corrected chi connectivity index (χ3v) is 8.49. The van der Waals surface area contributed by atoms with Crippen LogP contribution in [0.25, 0.3) is 0 Å². The molecule has 10 heteroatoms. The molecule has 1 amide bonds. The van der Waals surface area contributed by atoms with Crippen molar-refractivity contribution in [3.63, 3.8) is 0 Å². The van der Waals surface area contributed by atoms with Gasteiger partial charge in [0.1, 0.15) is 12.7 Å². The van der Waals surface area contributed by atoms with Crippen LogP contribution in [0.4, 0.5) is 0 Å². The number of unbranched alkanes of at least 4 members (excludes halogenated alkanes) is 6. The van der Waals surface area contributed by atoms with Gasteiger partial charge in [-0.3, -0.25) is 18.6 Å². The summed E-state index contributed by atoms with van der Waals surface area (Å²) in [7, 11) is -4.44. The van der Waals surface area contributed by atoms with Crippen molar-refractivity contribution in [3.05, 3.63) is 97.2 Å². The van der Waals surface area contributed by atoms with E-state index in [2.05, 4.69) is 110 Å². The summed E-state index contributed by atoms with van der Waals surface area (Å²) in [6, 6.07) is 0. The van der Waals surface area contributed by atoms with E-state index >= 15 is 0 Å². The number of phosphoric ester groups is 1. The Morgan fingerprint density at radius 1 is 0.585 bits per heavy atom. The van der Waals surface area contributed by atoms with E-state index in [0.29, 0.717) is 12.8 Å². The van der Waals surface area contributed by atoms with Crippen LogP contribution in [-0.4, -0.2) is 54.3 Å². The monoisotopic (exact) mass is 759 g/mol. The van der Waals surface area contributed by atoms with Gasteiger partial charge in [0.05, 0.1) is 13.2 Å². The predicted octanol–water partition coefficient (Wildman–Crippen LogP) is 10.7. The van der Waals surface area contributed by atoms with E-state index in [4.69, 9.17) is 13.8 Å². The molecule has 300 valence electrons. The third-order valence-electron chi connectivity index (χ3n) is 7.51. The fourth-order valence-corrected chi connectivity index (χ4v) is 5.36. The molecule has 0 rings (SSSR count). The fraction of sp³-hybridized carbons (Fsp3) is 0.581. The highest BCUT2D eigenvalue weighted by atomic mass is 31.2. The molecule has 0 aromatic heterocycles. The van der Waals surface area contributed by atoms with Crippen LogP contribution in [-0.2, 0) is 27.9 Å². The summed E-state index contributed by atoms with van der Waals surface area (Å²) >= 11 is 0. The zero-order valence-corrected chi connectivity index (χ0v) is 33.6. The van der Waals surface area contributed by atoms with E-state index in [1.807, 2.05) is 6.08 Å². The maximum absolute atomic E-state index is 12.1. The Bertz CT molecular complexity index is 1180. The minimum Gasteiger partial charge on any atom is -0.463 e. The Hall–Kier alpha value is -3.07. The fourth-order valence-electron chi connectivity index (χ4n) is 4.60. The van der Waals surface area contributed by atoms with Gasteiger partial charge < -0.3 is 20.1 Å². The number of ether oxygens (including phenoxy) is 1. The molecule has 0 saturated carbocycles. The van der Waals surface area contributed by atoms with Crippen molar-refractivity contribution in [1.29, 1.82) is 0 Å². The van der Waals surface area contributed by atoms with Crippen LogP contribution in [0.5, 0.6) is 0 Å². The molecule has 0 heterocycles. The standard InChI is InChI=1S/C43H70NO8P/c1-3-5-7-9-11-13-15-17-19-20-22-24-26-28-30-32-34-36-43(47)50-39-41(45)40-52-53(48,49)51-38-37-44-42(46)35-33-31-29-27-25-23-21-18-16-14-12-10-8-6-4-2/h5-8,11-14,17-19,21-22,24,28,30,41,45H,3-4,9-10,15-16,20,23,25-27,29,31-40H2,1-2H3,(H,44,46)(H,48,49)/b7-5-,8-6-,13-11-,14-12-,19-17-,21-18-,24-22-,30-28-. The third kappa shape index (κ3) is 40.0. The molecule has 53 heavy (non-hydrogen) atoms. The topological polar surface area (TPSA) is 131 Å². The lowest BCUT2D eigenvalue weighted by atomic mass is 10.1. The van der Waals surface area contributed by atoms with Gasteiger partial charge in [0.2, 0.25) is 5.91 Å². The van der Waals surface area contributed by atoms with Crippen molar-refractivity contribution in [2.75, 3.05) is 26.4 Å². The molecule has 0 bridgehead atoms. The smallest absolute Gasteiger partial charge is 0.463 e. The SMILES string of the molecule is CC/C=C\C/C=C\C/C=C\C/C=C\C/C=C\CCCC(=O)OCC(O)COP(=O)(O)OCCNC(=O)CCCCCCC/C=C\C/C=C\C/C=C\CC. The zero-order chi connectivity index (χ0) is 38.9. The van der Waals surface area contributed by atoms with Gasteiger partial charge in [-0.2, -0.15) is 0 Å². The van der Waals surface area contributed by atoms with Gasteiger partial charge in [-0.15, -0.1) is 0 Å². The molecule has 0 saturated heterocycles. The van der Waals surface area contributed by atoms with Crippen LogP contribution < -0.4 is 5.32 Å². The van der Waals surface area contributed by atoms with Crippen molar-refractivity contribution in [2.24, 2.45) is 0 Å². The summed E-state index contributed by atoms with van der Waals surface area (Å²) < 4.78 is 26.7. The number of hydrogen-bond donors (Lipinski definition) is 3. The number of carbonyl (C=O) groups is 2. The van der Waals surface area contributed by atoms with Gasteiger partial charge >= 0.3 is 13.8 Å². The van der Waals surface area contributed by atoms with Crippen LogP contribution in [0.15, 0.2) is 97.2 Å². The van der Waals surface area contributed by atoms with Crippen LogP contribution in [0, 0.1) is 0 Å². The lowest BCUT2D eigenvalue weighted by Gasteiger charge is -2.15. The first-order chi connectivity index (χ1) is 25.8.